The summed E-state index contributed by atoms with van der Waals surface area (Å²) >= 11 is 0. The van der Waals surface area contributed by atoms with E-state index >= 15 is 0 Å². The van der Waals surface area contributed by atoms with Gasteiger partial charge in [-0.05, 0) is 26.0 Å². The summed E-state index contributed by atoms with van der Waals surface area (Å²) in [5, 5.41) is 8.14. The molecule has 0 spiro atoms. The molecule has 2 rings (SSSR count). The Hall–Kier alpha value is -1.77. The summed E-state index contributed by atoms with van der Waals surface area (Å²) in [6, 6.07) is 10.6. The summed E-state index contributed by atoms with van der Waals surface area (Å²) in [5.74, 6) is 1.05. The van der Waals surface area contributed by atoms with E-state index in [2.05, 4.69) is 70.3 Å². The van der Waals surface area contributed by atoms with Crippen molar-refractivity contribution in [1.29, 1.82) is 0 Å². The largest absolute Gasteiger partial charge is 0.370 e. The molecule has 0 fully saturated rings. The van der Waals surface area contributed by atoms with Gasteiger partial charge in [0.1, 0.15) is 5.82 Å². The van der Waals surface area contributed by atoms with Crippen LogP contribution in [0, 0.1) is 6.92 Å². The maximum Gasteiger partial charge on any atom is 0.130 e. The minimum Gasteiger partial charge on any atom is -0.370 e. The second kappa shape index (κ2) is 5.08. The molecule has 3 nitrogen and oxygen atoms in total. The summed E-state index contributed by atoms with van der Waals surface area (Å²) in [6.45, 7) is 11.6. The van der Waals surface area contributed by atoms with Gasteiger partial charge in [-0.25, -0.2) is 4.68 Å². The molecule has 0 aliphatic heterocycles. The first-order chi connectivity index (χ1) is 8.91. The summed E-state index contributed by atoms with van der Waals surface area (Å²) in [7, 11) is 0. The van der Waals surface area contributed by atoms with Crippen LogP contribution in [-0.4, -0.2) is 16.3 Å². The molecule has 0 amide bonds. The second-order valence-corrected chi connectivity index (χ2v) is 5.94. The third-order valence-electron chi connectivity index (χ3n) is 3.11. The lowest BCUT2D eigenvalue weighted by atomic mass is 9.92. The van der Waals surface area contributed by atoms with E-state index in [-0.39, 0.29) is 5.41 Å². The van der Waals surface area contributed by atoms with Gasteiger partial charge >= 0.3 is 0 Å². The van der Waals surface area contributed by atoms with Crippen molar-refractivity contribution in [3.05, 3.63) is 41.6 Å². The van der Waals surface area contributed by atoms with Crippen LogP contribution in [0.25, 0.3) is 5.69 Å². The van der Waals surface area contributed by atoms with Crippen LogP contribution in [0.15, 0.2) is 30.3 Å². The van der Waals surface area contributed by atoms with Crippen molar-refractivity contribution < 1.29 is 0 Å². The van der Waals surface area contributed by atoms with Crippen molar-refractivity contribution in [1.82, 2.24) is 9.78 Å². The number of aromatic nitrogens is 2. The zero-order chi connectivity index (χ0) is 14.0. The molecular formula is C16H23N3. The average molecular weight is 257 g/mol. The Labute approximate surface area is 115 Å². The molecule has 0 radical (unpaired) electrons. The van der Waals surface area contributed by atoms with Crippen molar-refractivity contribution in [3.63, 3.8) is 0 Å². The number of anilines is 1. The Morgan fingerprint density at radius 3 is 2.32 bits per heavy atom. The topological polar surface area (TPSA) is 29.9 Å². The molecule has 0 saturated heterocycles. The van der Waals surface area contributed by atoms with E-state index in [4.69, 9.17) is 5.10 Å². The summed E-state index contributed by atoms with van der Waals surface area (Å²) in [5.41, 5.74) is 3.51. The van der Waals surface area contributed by atoms with E-state index in [0.717, 1.165) is 23.7 Å². The normalized spacial score (nSPS) is 11.6. The van der Waals surface area contributed by atoms with E-state index in [9.17, 15) is 0 Å². The molecular weight excluding hydrogens is 234 g/mol. The third kappa shape index (κ3) is 2.98. The minimum atomic E-state index is 0.0557. The van der Waals surface area contributed by atoms with Crippen LogP contribution in [0.4, 0.5) is 5.82 Å². The standard InChI is InChI=1S/C16H23N3/c1-6-17-15-11-14(16(3,4)5)18-19(15)13-9-7-12(2)8-10-13/h7-11,17H,6H2,1-5H3. The zero-order valence-electron chi connectivity index (χ0n) is 12.5. The summed E-state index contributed by atoms with van der Waals surface area (Å²) < 4.78 is 1.99. The van der Waals surface area contributed by atoms with Crippen LogP contribution < -0.4 is 5.32 Å². The molecule has 1 aromatic carbocycles. The Morgan fingerprint density at radius 1 is 1.16 bits per heavy atom. The number of hydrogen-bond donors (Lipinski definition) is 1. The van der Waals surface area contributed by atoms with Gasteiger partial charge in [0.15, 0.2) is 0 Å². The lowest BCUT2D eigenvalue weighted by molar-refractivity contribution is 0.560. The number of benzene rings is 1. The van der Waals surface area contributed by atoms with Crippen LogP contribution in [-0.2, 0) is 5.41 Å². The Bertz CT molecular complexity index is 544. The quantitative estimate of drug-likeness (QED) is 0.903. The van der Waals surface area contributed by atoms with Crippen molar-refractivity contribution in [2.75, 3.05) is 11.9 Å². The highest BCUT2D eigenvalue weighted by Gasteiger charge is 2.20. The first-order valence-electron chi connectivity index (χ1n) is 6.83. The number of rotatable bonds is 3. The van der Waals surface area contributed by atoms with Crippen molar-refractivity contribution in [3.8, 4) is 5.69 Å². The molecule has 1 heterocycles. The molecule has 19 heavy (non-hydrogen) atoms. The molecule has 3 heteroatoms. The molecule has 1 aromatic heterocycles. The van der Waals surface area contributed by atoms with E-state index < -0.39 is 0 Å². The smallest absolute Gasteiger partial charge is 0.130 e. The fraction of sp³-hybridized carbons (Fsp3) is 0.438. The van der Waals surface area contributed by atoms with Gasteiger partial charge in [-0.3, -0.25) is 0 Å². The SMILES string of the molecule is CCNc1cc(C(C)(C)C)nn1-c1ccc(C)cc1. The third-order valence-corrected chi connectivity index (χ3v) is 3.11. The van der Waals surface area contributed by atoms with Gasteiger partial charge in [0.05, 0.1) is 11.4 Å². The van der Waals surface area contributed by atoms with E-state index in [0.29, 0.717) is 0 Å². The first kappa shape index (κ1) is 13.7. The van der Waals surface area contributed by atoms with Crippen LogP contribution in [0.1, 0.15) is 39.0 Å². The van der Waals surface area contributed by atoms with Crippen LogP contribution in [0.3, 0.4) is 0 Å². The van der Waals surface area contributed by atoms with E-state index in [1.54, 1.807) is 0 Å². The molecule has 0 bridgehead atoms. The monoisotopic (exact) mass is 257 g/mol. The van der Waals surface area contributed by atoms with Crippen LogP contribution >= 0.6 is 0 Å². The van der Waals surface area contributed by atoms with Gasteiger partial charge in [0.2, 0.25) is 0 Å². The number of aryl methyl sites for hydroxylation is 1. The highest BCUT2D eigenvalue weighted by Crippen LogP contribution is 2.26. The lowest BCUT2D eigenvalue weighted by Crippen LogP contribution is -2.12. The van der Waals surface area contributed by atoms with Gasteiger partial charge in [0, 0.05) is 18.0 Å². The minimum absolute atomic E-state index is 0.0557. The first-order valence-corrected chi connectivity index (χ1v) is 6.83. The lowest BCUT2D eigenvalue weighted by Gasteiger charge is -2.14. The molecule has 102 valence electrons. The van der Waals surface area contributed by atoms with E-state index in [1.807, 2.05) is 4.68 Å². The fourth-order valence-electron chi connectivity index (χ4n) is 1.94. The molecule has 0 aliphatic carbocycles. The van der Waals surface area contributed by atoms with Gasteiger partial charge in [-0.1, -0.05) is 38.5 Å². The molecule has 0 saturated carbocycles. The maximum absolute atomic E-state index is 4.75. The number of hydrogen-bond acceptors (Lipinski definition) is 2. The molecule has 0 aliphatic rings. The highest BCUT2D eigenvalue weighted by molar-refractivity contribution is 5.47. The molecule has 0 atom stereocenters. The predicted molar refractivity (Wildman–Crippen MR) is 81.2 cm³/mol. The van der Waals surface area contributed by atoms with Gasteiger partial charge < -0.3 is 5.32 Å². The molecule has 1 N–H and O–H groups in total. The van der Waals surface area contributed by atoms with Gasteiger partial charge in [0.25, 0.3) is 0 Å². The number of nitrogens with one attached hydrogen (secondary N) is 1. The Kier molecular flexibility index (Phi) is 3.65. The van der Waals surface area contributed by atoms with Gasteiger partial charge in [-0.2, -0.15) is 5.10 Å². The highest BCUT2D eigenvalue weighted by atomic mass is 15.3. The van der Waals surface area contributed by atoms with Crippen molar-refractivity contribution >= 4 is 5.82 Å². The van der Waals surface area contributed by atoms with Gasteiger partial charge in [-0.15, -0.1) is 0 Å². The van der Waals surface area contributed by atoms with Crippen molar-refractivity contribution in [2.45, 2.75) is 40.0 Å². The molecule has 0 unspecified atom stereocenters. The number of nitrogens with zero attached hydrogens (tertiary/aromatic N) is 2. The van der Waals surface area contributed by atoms with Crippen LogP contribution in [0.5, 0.6) is 0 Å². The molecule has 2 aromatic rings. The summed E-state index contributed by atoms with van der Waals surface area (Å²) in [6.07, 6.45) is 0. The average Bonchev–Trinajstić information content (AvgIpc) is 2.74. The predicted octanol–water partition coefficient (Wildman–Crippen LogP) is 3.91. The van der Waals surface area contributed by atoms with Crippen molar-refractivity contribution in [2.24, 2.45) is 0 Å². The van der Waals surface area contributed by atoms with E-state index in [1.165, 1.54) is 5.56 Å². The Morgan fingerprint density at radius 2 is 1.79 bits per heavy atom. The zero-order valence-corrected chi connectivity index (χ0v) is 12.5. The van der Waals surface area contributed by atoms with Crippen LogP contribution in [0.2, 0.25) is 0 Å². The Balaban J connectivity index is 2.48. The maximum atomic E-state index is 4.75. The summed E-state index contributed by atoms with van der Waals surface area (Å²) in [4.78, 5) is 0. The fourth-order valence-corrected chi connectivity index (χ4v) is 1.94. The second-order valence-electron chi connectivity index (χ2n) is 5.94.